The van der Waals surface area contributed by atoms with Crippen LogP contribution in [0.2, 0.25) is 0 Å². The summed E-state index contributed by atoms with van der Waals surface area (Å²) >= 11 is 0. The second kappa shape index (κ2) is 68.5. The predicted molar refractivity (Wildman–Crippen MR) is 387 cm³/mol. The van der Waals surface area contributed by atoms with Gasteiger partial charge in [-0.15, -0.1) is 0 Å². The summed E-state index contributed by atoms with van der Waals surface area (Å²) in [4.78, 5) is 38.1. The van der Waals surface area contributed by atoms with E-state index < -0.39 is 32.5 Å². The summed E-state index contributed by atoms with van der Waals surface area (Å²) in [7, 11) is 1.14. The van der Waals surface area contributed by atoms with E-state index in [2.05, 4.69) is 196 Å². The Labute approximate surface area is 552 Å². The Morgan fingerprint density at radius 1 is 0.344 bits per heavy atom. The van der Waals surface area contributed by atoms with Crippen molar-refractivity contribution in [3.8, 4) is 0 Å². The van der Waals surface area contributed by atoms with Gasteiger partial charge in [-0.2, -0.15) is 0 Å². The maximum Gasteiger partial charge on any atom is 0.306 e. The summed E-state index contributed by atoms with van der Waals surface area (Å²) in [5, 5.41) is 0. The lowest BCUT2D eigenvalue weighted by atomic mass is 10.0. The van der Waals surface area contributed by atoms with Crippen molar-refractivity contribution in [2.75, 3.05) is 47.5 Å². The average molecular weight is 1260 g/mol. The Morgan fingerprint density at radius 2 is 0.600 bits per heavy atom. The SMILES string of the molecule is CC/C=C\C/C=C\C/C=C\C/C=C\C/C=C\C/C=C\C/C=C\C/C=C\CCCCCCCCCCCCC(=O)OC(COC(=O)CCCCCCCCCCC/C=C\C/C=C\C/C=C\C/C=C\C/C=C\C/C=C\C/C=C\CC)COP(=O)([O-])OCC[N+](C)(C)C. The fourth-order valence-corrected chi connectivity index (χ4v) is 9.79. The van der Waals surface area contributed by atoms with E-state index in [4.69, 9.17) is 18.5 Å². The first-order chi connectivity index (χ1) is 44.0. The molecule has 0 fully saturated rings. The molecule has 0 amide bonds. The lowest BCUT2D eigenvalue weighted by molar-refractivity contribution is -0.870. The summed E-state index contributed by atoms with van der Waals surface area (Å²) < 4.78 is 34.3. The number of hydrogen-bond acceptors (Lipinski definition) is 8. The van der Waals surface area contributed by atoms with Gasteiger partial charge in [0.1, 0.15) is 19.8 Å². The van der Waals surface area contributed by atoms with E-state index in [1.807, 2.05) is 21.1 Å². The number of allylic oxidation sites excluding steroid dienone is 30. The lowest BCUT2D eigenvalue weighted by Gasteiger charge is -2.28. The minimum Gasteiger partial charge on any atom is -0.756 e. The molecule has 508 valence electrons. The van der Waals surface area contributed by atoms with E-state index in [0.717, 1.165) is 148 Å². The van der Waals surface area contributed by atoms with Crippen molar-refractivity contribution in [3.63, 3.8) is 0 Å². The van der Waals surface area contributed by atoms with Crippen LogP contribution < -0.4 is 4.89 Å². The zero-order valence-electron chi connectivity index (χ0n) is 57.8. The quantitative estimate of drug-likeness (QED) is 0.0195. The minimum absolute atomic E-state index is 0.0422. The third-order valence-electron chi connectivity index (χ3n) is 14.4. The van der Waals surface area contributed by atoms with Crippen LogP contribution in [0.15, 0.2) is 182 Å². The van der Waals surface area contributed by atoms with Crippen LogP contribution in [0.3, 0.4) is 0 Å². The molecule has 0 radical (unpaired) electrons. The van der Waals surface area contributed by atoms with Gasteiger partial charge in [-0.05, 0) is 135 Å². The zero-order valence-corrected chi connectivity index (χ0v) is 58.7. The molecule has 0 aromatic carbocycles. The molecular weight excluding hydrogens is 1130 g/mol. The molecular formula is C80H130NO8P. The van der Waals surface area contributed by atoms with Gasteiger partial charge in [0, 0.05) is 12.8 Å². The molecule has 0 spiro atoms. The Balaban J connectivity index is 4.15. The minimum atomic E-state index is -4.66. The number of unbranched alkanes of at least 4 members (excludes halogenated alkanes) is 19. The van der Waals surface area contributed by atoms with Gasteiger partial charge < -0.3 is 27.9 Å². The highest BCUT2D eigenvalue weighted by atomic mass is 31.2. The molecule has 0 saturated carbocycles. The third kappa shape index (κ3) is 72.2. The number of ether oxygens (including phenoxy) is 2. The van der Waals surface area contributed by atoms with Crippen LogP contribution in [0.1, 0.15) is 258 Å². The van der Waals surface area contributed by atoms with Gasteiger partial charge >= 0.3 is 11.9 Å². The van der Waals surface area contributed by atoms with E-state index >= 15 is 0 Å². The van der Waals surface area contributed by atoms with Gasteiger partial charge in [0.05, 0.1) is 27.7 Å². The third-order valence-corrected chi connectivity index (χ3v) is 15.4. The molecule has 0 aromatic rings. The maximum atomic E-state index is 12.9. The topological polar surface area (TPSA) is 111 Å². The molecule has 0 heterocycles. The van der Waals surface area contributed by atoms with E-state index in [1.165, 1.54) is 70.6 Å². The fourth-order valence-electron chi connectivity index (χ4n) is 9.06. The second-order valence-electron chi connectivity index (χ2n) is 24.1. The smallest absolute Gasteiger partial charge is 0.306 e. The first-order valence-electron chi connectivity index (χ1n) is 35.5. The summed E-state index contributed by atoms with van der Waals surface area (Å²) in [5.74, 6) is -0.855. The van der Waals surface area contributed by atoms with Gasteiger partial charge in [-0.3, -0.25) is 14.2 Å². The first-order valence-corrected chi connectivity index (χ1v) is 37.0. The molecule has 0 N–H and O–H groups in total. The van der Waals surface area contributed by atoms with E-state index in [-0.39, 0.29) is 26.1 Å². The highest BCUT2D eigenvalue weighted by Crippen LogP contribution is 2.38. The first kappa shape index (κ1) is 85.1. The van der Waals surface area contributed by atoms with Crippen LogP contribution in [-0.2, 0) is 32.7 Å². The highest BCUT2D eigenvalue weighted by molar-refractivity contribution is 7.45. The normalized spacial score (nSPS) is 14.2. The number of hydrogen-bond donors (Lipinski definition) is 0. The Kier molecular flexibility index (Phi) is 64.8. The number of quaternary nitrogens is 1. The molecule has 10 heteroatoms. The Bertz CT molecular complexity index is 2170. The summed E-state index contributed by atoms with van der Waals surface area (Å²) in [6, 6.07) is 0. The van der Waals surface area contributed by atoms with Crippen LogP contribution in [0.5, 0.6) is 0 Å². The van der Waals surface area contributed by atoms with Crippen LogP contribution in [0.4, 0.5) is 0 Å². The number of carbonyl (C=O) groups excluding carboxylic acids is 2. The number of carbonyl (C=O) groups is 2. The van der Waals surface area contributed by atoms with E-state index in [0.29, 0.717) is 23.9 Å². The van der Waals surface area contributed by atoms with Crippen molar-refractivity contribution in [3.05, 3.63) is 182 Å². The summed E-state index contributed by atoms with van der Waals surface area (Å²) in [6.45, 7) is 3.99. The zero-order chi connectivity index (χ0) is 65.5. The molecule has 9 nitrogen and oxygen atoms in total. The number of nitrogens with zero attached hydrogens (tertiary/aromatic N) is 1. The molecule has 0 bridgehead atoms. The molecule has 2 atom stereocenters. The van der Waals surface area contributed by atoms with Crippen LogP contribution in [0, 0.1) is 0 Å². The molecule has 0 aromatic heterocycles. The number of phosphoric acid groups is 1. The molecule has 2 unspecified atom stereocenters. The largest absolute Gasteiger partial charge is 0.756 e. The standard InChI is InChI=1S/C80H130NO8P/c1-6-8-10-12-14-16-18-20-22-24-26-28-30-32-34-36-38-39-40-41-43-45-47-49-51-53-55-57-59-61-63-65-67-69-71-73-80(83)89-78(77-88-90(84,85)87-75-74-81(3,4)5)76-86-79(82)72-70-68-66-64-62-60-58-56-54-52-50-48-46-44-42-37-35-33-31-29-27-25-23-21-19-17-15-13-11-9-7-2/h8-11,14-17,20-23,26-29,32-35,38-39,41-44,47-50,78H,6-7,12-13,18-19,24-25,30-31,36-37,40,45-46,51-77H2,1-5H3/b10-8-,11-9-,16-14-,17-15-,22-20-,23-21-,28-26-,29-27-,34-32-,35-33-,39-38-,43-41-,44-42-,49-47-,50-48-. The molecule has 0 aliphatic heterocycles. The van der Waals surface area contributed by atoms with Crippen molar-refractivity contribution in [1.29, 1.82) is 0 Å². The Morgan fingerprint density at radius 3 is 0.889 bits per heavy atom. The van der Waals surface area contributed by atoms with Crippen molar-refractivity contribution in [2.24, 2.45) is 0 Å². The molecule has 0 aliphatic carbocycles. The number of rotatable bonds is 63. The summed E-state index contributed by atoms with van der Waals surface area (Å²) in [6.07, 6.45) is 105. The van der Waals surface area contributed by atoms with Crippen molar-refractivity contribution in [1.82, 2.24) is 0 Å². The number of esters is 2. The van der Waals surface area contributed by atoms with Crippen LogP contribution in [-0.4, -0.2) is 70.0 Å². The lowest BCUT2D eigenvalue weighted by Crippen LogP contribution is -2.37. The average Bonchev–Trinajstić information content (AvgIpc) is 3.61. The molecule has 0 aliphatic rings. The van der Waals surface area contributed by atoms with Gasteiger partial charge in [-0.25, -0.2) is 0 Å². The summed E-state index contributed by atoms with van der Waals surface area (Å²) in [5.41, 5.74) is 0. The monoisotopic (exact) mass is 1260 g/mol. The predicted octanol–water partition coefficient (Wildman–Crippen LogP) is 22.9. The number of likely N-dealkylation sites (N-methyl/N-ethyl adjacent to an activating group) is 1. The van der Waals surface area contributed by atoms with Crippen molar-refractivity contribution < 1.29 is 42.1 Å². The van der Waals surface area contributed by atoms with Gasteiger partial charge in [0.15, 0.2) is 6.10 Å². The fraction of sp³-hybridized carbons (Fsp3) is 0.600. The van der Waals surface area contributed by atoms with E-state index in [9.17, 15) is 19.0 Å². The Hall–Kier alpha value is -4.89. The van der Waals surface area contributed by atoms with Gasteiger partial charge in [0.25, 0.3) is 7.82 Å². The van der Waals surface area contributed by atoms with Crippen molar-refractivity contribution >= 4 is 19.8 Å². The highest BCUT2D eigenvalue weighted by Gasteiger charge is 2.22. The van der Waals surface area contributed by atoms with Crippen LogP contribution in [0.25, 0.3) is 0 Å². The molecule has 90 heavy (non-hydrogen) atoms. The number of phosphoric ester groups is 1. The van der Waals surface area contributed by atoms with Gasteiger partial charge in [0.2, 0.25) is 0 Å². The molecule has 0 rings (SSSR count). The maximum absolute atomic E-state index is 12.9. The second-order valence-corrected chi connectivity index (χ2v) is 25.5. The van der Waals surface area contributed by atoms with Crippen LogP contribution >= 0.6 is 7.82 Å². The van der Waals surface area contributed by atoms with Gasteiger partial charge in [-0.1, -0.05) is 292 Å². The van der Waals surface area contributed by atoms with Crippen molar-refractivity contribution in [2.45, 2.75) is 264 Å². The molecule has 0 saturated heterocycles. The van der Waals surface area contributed by atoms with E-state index in [1.54, 1.807) is 0 Å².